The lowest BCUT2D eigenvalue weighted by atomic mass is 10.1. The molecular weight excluding hydrogens is 334 g/mol. The lowest BCUT2D eigenvalue weighted by Crippen LogP contribution is -2.24. The number of carbonyl (C=O) groups excluding carboxylic acids is 2. The van der Waals surface area contributed by atoms with Crippen molar-refractivity contribution in [1.29, 1.82) is 0 Å². The standard InChI is InChI=1S/C20H17NO5/c1-13(23)21-16-8-15-9-18(24-2)19(10-17(15)26-20(16)11-22)25-12-14-6-4-3-5-7-14/h3-10H,12H2,1-2H3,(H,21,23). The summed E-state index contributed by atoms with van der Waals surface area (Å²) in [6.07, 6.45) is 1.63. The molecule has 1 amide bonds. The minimum atomic E-state index is -0.314. The van der Waals surface area contributed by atoms with E-state index >= 15 is 0 Å². The third-order valence-corrected chi connectivity index (χ3v) is 3.69. The zero-order valence-electron chi connectivity index (χ0n) is 14.4. The molecule has 1 N–H and O–H groups in total. The number of methoxy groups -OCH3 is 1. The third kappa shape index (κ3) is 3.77. The van der Waals surface area contributed by atoms with Crippen LogP contribution in [-0.4, -0.2) is 19.0 Å². The van der Waals surface area contributed by atoms with Crippen LogP contribution in [-0.2, 0) is 16.2 Å². The van der Waals surface area contributed by atoms with Crippen LogP contribution in [0, 0.1) is 0 Å². The molecule has 1 aliphatic rings. The molecule has 2 aromatic rings. The van der Waals surface area contributed by atoms with Crippen molar-refractivity contribution in [3.63, 3.8) is 0 Å². The highest BCUT2D eigenvalue weighted by Crippen LogP contribution is 2.39. The van der Waals surface area contributed by atoms with Gasteiger partial charge in [-0.25, -0.2) is 4.79 Å². The van der Waals surface area contributed by atoms with Gasteiger partial charge in [0, 0.05) is 18.6 Å². The Balaban J connectivity index is 1.92. The zero-order valence-corrected chi connectivity index (χ0v) is 14.4. The molecule has 1 aliphatic heterocycles. The summed E-state index contributed by atoms with van der Waals surface area (Å²) in [7, 11) is 1.54. The lowest BCUT2D eigenvalue weighted by molar-refractivity contribution is -0.118. The van der Waals surface area contributed by atoms with Crippen LogP contribution in [0.25, 0.3) is 6.08 Å². The number of fused-ring (bicyclic) bond motifs is 1. The van der Waals surface area contributed by atoms with Crippen molar-refractivity contribution in [3.05, 3.63) is 65.0 Å². The molecule has 6 heteroatoms. The highest BCUT2D eigenvalue weighted by Gasteiger charge is 2.22. The quantitative estimate of drug-likeness (QED) is 0.839. The first-order chi connectivity index (χ1) is 12.6. The van der Waals surface area contributed by atoms with E-state index in [0.29, 0.717) is 29.4 Å². The molecule has 2 aromatic carbocycles. The number of ether oxygens (including phenoxy) is 3. The summed E-state index contributed by atoms with van der Waals surface area (Å²) in [6, 6.07) is 13.1. The smallest absolute Gasteiger partial charge is 0.233 e. The molecule has 0 saturated carbocycles. The molecule has 0 atom stereocenters. The summed E-state index contributed by atoms with van der Waals surface area (Å²) in [5.41, 5.74) is 1.91. The number of benzene rings is 2. The van der Waals surface area contributed by atoms with Crippen molar-refractivity contribution in [2.75, 3.05) is 7.11 Å². The number of hydrogen-bond donors (Lipinski definition) is 1. The topological polar surface area (TPSA) is 73.9 Å². The summed E-state index contributed by atoms with van der Waals surface area (Å²) in [5, 5.41) is 2.55. The highest BCUT2D eigenvalue weighted by molar-refractivity contribution is 5.82. The van der Waals surface area contributed by atoms with Gasteiger partial charge in [-0.05, 0) is 17.7 Å². The van der Waals surface area contributed by atoms with Crippen molar-refractivity contribution in [3.8, 4) is 17.2 Å². The van der Waals surface area contributed by atoms with Gasteiger partial charge >= 0.3 is 0 Å². The van der Waals surface area contributed by atoms with E-state index in [9.17, 15) is 9.59 Å². The molecule has 0 unspecified atom stereocenters. The van der Waals surface area contributed by atoms with Crippen LogP contribution < -0.4 is 19.5 Å². The predicted octanol–water partition coefficient (Wildman–Crippen LogP) is 2.86. The van der Waals surface area contributed by atoms with Crippen LogP contribution in [0.4, 0.5) is 0 Å². The molecule has 6 nitrogen and oxygen atoms in total. The molecule has 0 spiro atoms. The molecule has 0 saturated heterocycles. The first kappa shape index (κ1) is 17.3. The SMILES string of the molecule is COc1cc2c(cc1OCc1ccccc1)OC(=C=O)C(NC(C)=O)=C2. The lowest BCUT2D eigenvalue weighted by Gasteiger charge is -2.20. The Bertz CT molecular complexity index is 911. The van der Waals surface area contributed by atoms with Gasteiger partial charge < -0.3 is 19.5 Å². The van der Waals surface area contributed by atoms with E-state index in [0.717, 1.165) is 5.56 Å². The highest BCUT2D eigenvalue weighted by atomic mass is 16.5. The van der Waals surface area contributed by atoms with Crippen LogP contribution in [0.5, 0.6) is 17.2 Å². The van der Waals surface area contributed by atoms with Crippen LogP contribution in [0.2, 0.25) is 0 Å². The second-order valence-corrected chi connectivity index (χ2v) is 5.59. The average Bonchev–Trinajstić information content (AvgIpc) is 2.65. The van der Waals surface area contributed by atoms with Crippen molar-refractivity contribution < 1.29 is 23.8 Å². The van der Waals surface area contributed by atoms with Crippen LogP contribution in [0.3, 0.4) is 0 Å². The molecular formula is C20H17NO5. The van der Waals surface area contributed by atoms with Gasteiger partial charge in [0.2, 0.25) is 11.7 Å². The molecule has 26 heavy (non-hydrogen) atoms. The summed E-state index contributed by atoms with van der Waals surface area (Å²) < 4.78 is 16.8. The molecule has 0 aliphatic carbocycles. The fourth-order valence-electron chi connectivity index (χ4n) is 2.51. The van der Waals surface area contributed by atoms with Crippen molar-refractivity contribution in [2.24, 2.45) is 0 Å². The first-order valence-electron chi connectivity index (χ1n) is 7.92. The molecule has 132 valence electrons. The van der Waals surface area contributed by atoms with Crippen LogP contribution >= 0.6 is 0 Å². The minimum absolute atomic E-state index is 0.0909. The van der Waals surface area contributed by atoms with Gasteiger partial charge in [0.1, 0.15) is 12.4 Å². The van der Waals surface area contributed by atoms with Crippen molar-refractivity contribution in [2.45, 2.75) is 13.5 Å². The van der Waals surface area contributed by atoms with Gasteiger partial charge in [0.15, 0.2) is 17.4 Å². The molecule has 1 heterocycles. The maximum absolute atomic E-state index is 11.3. The number of amides is 1. The second-order valence-electron chi connectivity index (χ2n) is 5.59. The Labute approximate surface area is 150 Å². The summed E-state index contributed by atoms with van der Waals surface area (Å²) in [5.74, 6) is 2.71. The molecule has 0 aromatic heterocycles. The van der Waals surface area contributed by atoms with Gasteiger partial charge in [-0.2, -0.15) is 0 Å². The van der Waals surface area contributed by atoms with Crippen LogP contribution in [0.1, 0.15) is 18.1 Å². The van der Waals surface area contributed by atoms with Gasteiger partial charge in [-0.1, -0.05) is 30.3 Å². The van der Waals surface area contributed by atoms with E-state index in [1.807, 2.05) is 30.3 Å². The summed E-state index contributed by atoms with van der Waals surface area (Å²) in [4.78, 5) is 22.4. The number of hydrogen-bond acceptors (Lipinski definition) is 5. The fraction of sp³-hybridized carbons (Fsp3) is 0.150. The van der Waals surface area contributed by atoms with E-state index in [2.05, 4.69) is 5.32 Å². The zero-order chi connectivity index (χ0) is 18.5. The summed E-state index contributed by atoms with van der Waals surface area (Å²) >= 11 is 0. The maximum atomic E-state index is 11.3. The monoisotopic (exact) mass is 351 g/mol. The fourth-order valence-corrected chi connectivity index (χ4v) is 2.51. The predicted molar refractivity (Wildman–Crippen MR) is 95.4 cm³/mol. The summed E-state index contributed by atoms with van der Waals surface area (Å²) in [6.45, 7) is 1.71. The Morgan fingerprint density at radius 2 is 1.96 bits per heavy atom. The Morgan fingerprint density at radius 3 is 2.62 bits per heavy atom. The largest absolute Gasteiger partial charge is 0.493 e. The van der Waals surface area contributed by atoms with Crippen LogP contribution in [0.15, 0.2) is 53.9 Å². The molecule has 0 bridgehead atoms. The van der Waals surface area contributed by atoms with E-state index in [1.165, 1.54) is 14.0 Å². The molecule has 3 rings (SSSR count). The Morgan fingerprint density at radius 1 is 1.19 bits per heavy atom. The minimum Gasteiger partial charge on any atom is -0.493 e. The Kier molecular flexibility index (Phi) is 5.06. The third-order valence-electron chi connectivity index (χ3n) is 3.69. The van der Waals surface area contributed by atoms with Gasteiger partial charge in [-0.15, -0.1) is 0 Å². The van der Waals surface area contributed by atoms with E-state index < -0.39 is 0 Å². The maximum Gasteiger partial charge on any atom is 0.233 e. The van der Waals surface area contributed by atoms with Crippen molar-refractivity contribution in [1.82, 2.24) is 5.32 Å². The van der Waals surface area contributed by atoms with Gasteiger partial charge in [-0.3, -0.25) is 4.79 Å². The number of rotatable bonds is 5. The normalized spacial score (nSPS) is 12.2. The van der Waals surface area contributed by atoms with Crippen molar-refractivity contribution >= 4 is 17.9 Å². The average molecular weight is 351 g/mol. The molecule has 0 fully saturated rings. The Hall–Kier alpha value is -3.50. The van der Waals surface area contributed by atoms with Gasteiger partial charge in [0.05, 0.1) is 12.8 Å². The first-order valence-corrected chi connectivity index (χ1v) is 7.92. The second kappa shape index (κ2) is 7.59. The van der Waals surface area contributed by atoms with E-state index in [4.69, 9.17) is 14.2 Å². The number of carbonyl (C=O) groups is 1. The van der Waals surface area contributed by atoms with E-state index in [-0.39, 0.29) is 17.4 Å². The van der Waals surface area contributed by atoms with E-state index in [1.54, 1.807) is 24.2 Å². The molecule has 0 radical (unpaired) electrons. The number of nitrogens with one attached hydrogen (secondary N) is 1. The van der Waals surface area contributed by atoms with Gasteiger partial charge in [0.25, 0.3) is 0 Å².